The molecule has 116 valence electrons. The maximum Gasteiger partial charge on any atom is 0.263 e. The molecule has 2 atom stereocenters. The molecule has 6 heteroatoms. The molecule has 2 unspecified atom stereocenters. The van der Waals surface area contributed by atoms with Crippen molar-refractivity contribution >= 4 is 5.91 Å². The first-order valence-electron chi connectivity index (χ1n) is 7.30. The van der Waals surface area contributed by atoms with Crippen molar-refractivity contribution in [3.05, 3.63) is 24.0 Å². The number of morpholine rings is 1. The molecule has 1 aromatic heterocycles. The summed E-state index contributed by atoms with van der Waals surface area (Å²) in [7, 11) is 0. The maximum absolute atomic E-state index is 12.2. The van der Waals surface area contributed by atoms with Gasteiger partial charge in [-0.2, -0.15) is 0 Å². The van der Waals surface area contributed by atoms with Gasteiger partial charge in [-0.1, -0.05) is 0 Å². The van der Waals surface area contributed by atoms with Crippen LogP contribution in [0.2, 0.25) is 0 Å². The van der Waals surface area contributed by atoms with Crippen LogP contribution in [0.1, 0.15) is 19.5 Å². The number of nitrogens with zero attached hydrogens (tertiary/aromatic N) is 2. The number of ether oxygens (including phenoxy) is 2. The predicted molar refractivity (Wildman–Crippen MR) is 79.1 cm³/mol. The first-order valence-corrected chi connectivity index (χ1v) is 7.30. The lowest BCUT2D eigenvalue weighted by Gasteiger charge is -2.29. The van der Waals surface area contributed by atoms with Crippen LogP contribution in [-0.4, -0.2) is 54.2 Å². The fourth-order valence-electron chi connectivity index (χ4n) is 2.23. The van der Waals surface area contributed by atoms with Crippen LogP contribution in [0.25, 0.3) is 0 Å². The molecule has 1 aliphatic heterocycles. The summed E-state index contributed by atoms with van der Waals surface area (Å²) < 4.78 is 10.9. The van der Waals surface area contributed by atoms with Crippen molar-refractivity contribution in [2.45, 2.75) is 32.4 Å². The Morgan fingerprint density at radius 2 is 2.14 bits per heavy atom. The van der Waals surface area contributed by atoms with Crippen LogP contribution in [-0.2, 0) is 16.0 Å². The third-order valence-electron chi connectivity index (χ3n) is 3.31. The van der Waals surface area contributed by atoms with E-state index < -0.39 is 6.10 Å². The van der Waals surface area contributed by atoms with Gasteiger partial charge in [0.05, 0.1) is 19.4 Å². The predicted octanol–water partition coefficient (Wildman–Crippen LogP) is 0.597. The van der Waals surface area contributed by atoms with Crippen molar-refractivity contribution in [3.63, 3.8) is 0 Å². The smallest absolute Gasteiger partial charge is 0.263 e. The van der Waals surface area contributed by atoms with E-state index in [9.17, 15) is 4.79 Å². The molecular weight excluding hydrogens is 270 g/mol. The molecule has 0 bridgehead atoms. The quantitative estimate of drug-likeness (QED) is 0.860. The van der Waals surface area contributed by atoms with Gasteiger partial charge in [-0.05, 0) is 26.0 Å². The van der Waals surface area contributed by atoms with Gasteiger partial charge < -0.3 is 20.1 Å². The summed E-state index contributed by atoms with van der Waals surface area (Å²) in [5.41, 5.74) is 6.65. The second-order valence-electron chi connectivity index (χ2n) is 5.36. The lowest BCUT2D eigenvalue weighted by atomic mass is 10.2. The van der Waals surface area contributed by atoms with Gasteiger partial charge in [0.1, 0.15) is 5.75 Å². The largest absolute Gasteiger partial charge is 0.479 e. The van der Waals surface area contributed by atoms with Crippen molar-refractivity contribution in [2.75, 3.05) is 26.3 Å². The minimum Gasteiger partial charge on any atom is -0.479 e. The number of nitrogens with two attached hydrogens (primary N) is 1. The van der Waals surface area contributed by atoms with Crippen LogP contribution in [0.4, 0.5) is 0 Å². The molecule has 1 amide bonds. The summed E-state index contributed by atoms with van der Waals surface area (Å²) in [5, 5.41) is 0. The topological polar surface area (TPSA) is 77.7 Å². The molecule has 1 saturated heterocycles. The van der Waals surface area contributed by atoms with E-state index in [0.29, 0.717) is 32.1 Å². The molecule has 2 N–H and O–H groups in total. The zero-order valence-electron chi connectivity index (χ0n) is 12.6. The number of aromatic nitrogens is 1. The Morgan fingerprint density at radius 3 is 2.71 bits per heavy atom. The Bertz CT molecular complexity index is 456. The number of rotatable bonds is 5. The molecule has 1 aromatic rings. The van der Waals surface area contributed by atoms with Gasteiger partial charge in [0.15, 0.2) is 6.10 Å². The van der Waals surface area contributed by atoms with Crippen LogP contribution in [0.3, 0.4) is 0 Å². The van der Waals surface area contributed by atoms with Crippen molar-refractivity contribution in [2.24, 2.45) is 5.73 Å². The summed E-state index contributed by atoms with van der Waals surface area (Å²) in [4.78, 5) is 18.3. The minimum atomic E-state index is -0.524. The monoisotopic (exact) mass is 293 g/mol. The Morgan fingerprint density at radius 1 is 1.43 bits per heavy atom. The molecule has 0 aliphatic carbocycles. The molecule has 2 heterocycles. The highest BCUT2D eigenvalue weighted by Crippen LogP contribution is 2.13. The molecule has 0 saturated carbocycles. The van der Waals surface area contributed by atoms with E-state index in [4.69, 9.17) is 15.2 Å². The molecule has 2 rings (SSSR count). The zero-order chi connectivity index (χ0) is 15.2. The van der Waals surface area contributed by atoms with Crippen molar-refractivity contribution in [1.29, 1.82) is 0 Å². The summed E-state index contributed by atoms with van der Waals surface area (Å²) in [6.07, 6.45) is 1.84. The second-order valence-corrected chi connectivity index (χ2v) is 5.36. The van der Waals surface area contributed by atoms with E-state index in [-0.39, 0.29) is 11.9 Å². The molecule has 0 spiro atoms. The fourth-order valence-corrected chi connectivity index (χ4v) is 2.23. The van der Waals surface area contributed by atoms with Crippen molar-refractivity contribution in [1.82, 2.24) is 9.88 Å². The number of carbonyl (C=O) groups excluding carboxylic acids is 1. The standard InChI is InChI=1S/C15H23N3O3/c1-11(16)9-13-3-4-14(10-17-13)21-12(2)15(19)18-5-7-20-8-6-18/h3-4,10-12H,5-9,16H2,1-2H3. The van der Waals surface area contributed by atoms with Gasteiger partial charge in [0.25, 0.3) is 5.91 Å². The van der Waals surface area contributed by atoms with E-state index in [1.54, 1.807) is 18.0 Å². The Balaban J connectivity index is 1.89. The van der Waals surface area contributed by atoms with Gasteiger partial charge in [-0.15, -0.1) is 0 Å². The number of carbonyl (C=O) groups is 1. The third kappa shape index (κ3) is 4.68. The molecule has 6 nitrogen and oxygen atoms in total. The molecular formula is C15H23N3O3. The lowest BCUT2D eigenvalue weighted by Crippen LogP contribution is -2.46. The maximum atomic E-state index is 12.2. The second kappa shape index (κ2) is 7.38. The molecule has 0 radical (unpaired) electrons. The number of hydrogen-bond donors (Lipinski definition) is 1. The molecule has 1 fully saturated rings. The minimum absolute atomic E-state index is 0.0158. The number of amides is 1. The van der Waals surface area contributed by atoms with Crippen LogP contribution in [0, 0.1) is 0 Å². The fraction of sp³-hybridized carbons (Fsp3) is 0.600. The summed E-state index contributed by atoms with van der Waals surface area (Å²) in [5.74, 6) is 0.579. The van der Waals surface area contributed by atoms with E-state index in [1.807, 2.05) is 19.1 Å². The van der Waals surface area contributed by atoms with Crippen molar-refractivity contribution < 1.29 is 14.3 Å². The van der Waals surface area contributed by atoms with E-state index in [1.165, 1.54) is 0 Å². The van der Waals surface area contributed by atoms with Crippen LogP contribution in [0.5, 0.6) is 5.75 Å². The van der Waals surface area contributed by atoms with E-state index >= 15 is 0 Å². The Hall–Kier alpha value is -1.66. The summed E-state index contributed by atoms with van der Waals surface area (Å²) in [6.45, 7) is 6.12. The van der Waals surface area contributed by atoms with E-state index in [2.05, 4.69) is 4.98 Å². The summed E-state index contributed by atoms with van der Waals surface area (Å²) >= 11 is 0. The van der Waals surface area contributed by atoms with E-state index in [0.717, 1.165) is 12.1 Å². The number of pyridine rings is 1. The van der Waals surface area contributed by atoms with Gasteiger partial charge in [0.2, 0.25) is 0 Å². The van der Waals surface area contributed by atoms with Gasteiger partial charge in [0, 0.05) is 31.2 Å². The highest BCUT2D eigenvalue weighted by Gasteiger charge is 2.23. The van der Waals surface area contributed by atoms with Gasteiger partial charge >= 0.3 is 0 Å². The Kier molecular flexibility index (Phi) is 5.52. The third-order valence-corrected chi connectivity index (χ3v) is 3.31. The van der Waals surface area contributed by atoms with Crippen molar-refractivity contribution in [3.8, 4) is 5.75 Å². The van der Waals surface area contributed by atoms with Crippen LogP contribution < -0.4 is 10.5 Å². The highest BCUT2D eigenvalue weighted by atomic mass is 16.5. The summed E-state index contributed by atoms with van der Waals surface area (Å²) in [6, 6.07) is 3.78. The van der Waals surface area contributed by atoms with Gasteiger partial charge in [-0.25, -0.2) is 0 Å². The molecule has 1 aliphatic rings. The first-order chi connectivity index (χ1) is 10.1. The van der Waals surface area contributed by atoms with Crippen LogP contribution >= 0.6 is 0 Å². The Labute approximate surface area is 125 Å². The SMILES string of the molecule is CC(N)Cc1ccc(OC(C)C(=O)N2CCOCC2)cn1. The number of hydrogen-bond acceptors (Lipinski definition) is 5. The molecule has 21 heavy (non-hydrogen) atoms. The average Bonchev–Trinajstić information content (AvgIpc) is 2.49. The van der Waals surface area contributed by atoms with Gasteiger partial charge in [-0.3, -0.25) is 9.78 Å². The average molecular weight is 293 g/mol. The highest BCUT2D eigenvalue weighted by molar-refractivity contribution is 5.81. The zero-order valence-corrected chi connectivity index (χ0v) is 12.6. The normalized spacial score (nSPS) is 18.1. The molecule has 0 aromatic carbocycles. The lowest BCUT2D eigenvalue weighted by molar-refractivity contribution is -0.142. The van der Waals surface area contributed by atoms with Crippen LogP contribution in [0.15, 0.2) is 18.3 Å². The first kappa shape index (κ1) is 15.7.